The number of nitrogen functional groups attached to an aromatic ring is 1. The van der Waals surface area contributed by atoms with Crippen LogP contribution >= 0.6 is 0 Å². The predicted octanol–water partition coefficient (Wildman–Crippen LogP) is 2.90. The summed E-state index contributed by atoms with van der Waals surface area (Å²) in [4.78, 5) is 0. The molecule has 0 heterocycles. The number of benzene rings is 2. The summed E-state index contributed by atoms with van der Waals surface area (Å²) < 4.78 is 10.4. The van der Waals surface area contributed by atoms with Crippen LogP contribution in [0.2, 0.25) is 0 Å². The molecule has 0 aliphatic carbocycles. The number of anilines is 2. The van der Waals surface area contributed by atoms with Gasteiger partial charge in [-0.1, -0.05) is 12.1 Å². The van der Waals surface area contributed by atoms with E-state index in [9.17, 15) is 0 Å². The van der Waals surface area contributed by atoms with Crippen molar-refractivity contribution in [2.24, 2.45) is 0 Å². The molecule has 4 nitrogen and oxygen atoms in total. The molecule has 0 radical (unpaired) electrons. The summed E-state index contributed by atoms with van der Waals surface area (Å²) in [7, 11) is 3.29. The van der Waals surface area contributed by atoms with Crippen LogP contribution in [0.1, 0.15) is 5.56 Å². The fourth-order valence-corrected chi connectivity index (χ4v) is 1.79. The summed E-state index contributed by atoms with van der Waals surface area (Å²) in [5.74, 6) is 1.60. The summed E-state index contributed by atoms with van der Waals surface area (Å²) in [6, 6.07) is 13.5. The van der Waals surface area contributed by atoms with Crippen LogP contribution in [0.3, 0.4) is 0 Å². The van der Waals surface area contributed by atoms with E-state index in [4.69, 9.17) is 15.2 Å². The van der Waals surface area contributed by atoms with Gasteiger partial charge >= 0.3 is 0 Å². The molecule has 0 saturated heterocycles. The van der Waals surface area contributed by atoms with Crippen LogP contribution in [0.25, 0.3) is 0 Å². The van der Waals surface area contributed by atoms with Crippen molar-refractivity contribution in [3.8, 4) is 11.5 Å². The summed E-state index contributed by atoms with van der Waals surface area (Å²) in [6.45, 7) is 0.713. The molecule has 2 rings (SSSR count). The summed E-state index contributed by atoms with van der Waals surface area (Å²) in [5.41, 5.74) is 8.50. The van der Waals surface area contributed by atoms with Gasteiger partial charge in [0, 0.05) is 18.3 Å². The van der Waals surface area contributed by atoms with Crippen molar-refractivity contribution in [3.05, 3.63) is 48.0 Å². The smallest absolute Gasteiger partial charge is 0.144 e. The number of nitrogens with two attached hydrogens (primary N) is 1. The SMILES string of the molecule is COc1ccc(CNc2ccc(N)cc2OC)cc1. The monoisotopic (exact) mass is 258 g/mol. The first-order chi connectivity index (χ1) is 9.22. The van der Waals surface area contributed by atoms with E-state index in [1.165, 1.54) is 5.56 Å². The molecule has 0 bridgehead atoms. The van der Waals surface area contributed by atoms with E-state index in [0.29, 0.717) is 12.2 Å². The fraction of sp³-hybridized carbons (Fsp3) is 0.200. The van der Waals surface area contributed by atoms with Gasteiger partial charge in [-0.3, -0.25) is 0 Å². The first-order valence-electron chi connectivity index (χ1n) is 6.03. The Morgan fingerprint density at radius 3 is 2.37 bits per heavy atom. The number of rotatable bonds is 5. The number of methoxy groups -OCH3 is 2. The summed E-state index contributed by atoms with van der Waals surface area (Å²) in [5, 5.41) is 3.32. The summed E-state index contributed by atoms with van der Waals surface area (Å²) >= 11 is 0. The number of hydrogen-bond donors (Lipinski definition) is 2. The van der Waals surface area contributed by atoms with Gasteiger partial charge < -0.3 is 20.5 Å². The van der Waals surface area contributed by atoms with Crippen LogP contribution in [-0.4, -0.2) is 14.2 Å². The van der Waals surface area contributed by atoms with E-state index < -0.39 is 0 Å². The van der Waals surface area contributed by atoms with Crippen LogP contribution in [0.5, 0.6) is 11.5 Å². The quantitative estimate of drug-likeness (QED) is 0.810. The van der Waals surface area contributed by atoms with Crippen LogP contribution in [0.15, 0.2) is 42.5 Å². The molecular formula is C15H18N2O2. The lowest BCUT2D eigenvalue weighted by atomic mass is 10.2. The van der Waals surface area contributed by atoms with Gasteiger partial charge in [0.2, 0.25) is 0 Å². The van der Waals surface area contributed by atoms with E-state index in [1.807, 2.05) is 36.4 Å². The highest BCUT2D eigenvalue weighted by Crippen LogP contribution is 2.27. The third-order valence-electron chi connectivity index (χ3n) is 2.87. The minimum atomic E-state index is 0.687. The molecular weight excluding hydrogens is 240 g/mol. The molecule has 100 valence electrons. The van der Waals surface area contributed by atoms with E-state index in [1.54, 1.807) is 20.3 Å². The number of hydrogen-bond acceptors (Lipinski definition) is 4. The maximum Gasteiger partial charge on any atom is 0.144 e. The van der Waals surface area contributed by atoms with E-state index in [2.05, 4.69) is 5.32 Å². The molecule has 19 heavy (non-hydrogen) atoms. The highest BCUT2D eigenvalue weighted by Gasteiger charge is 2.03. The van der Waals surface area contributed by atoms with E-state index in [-0.39, 0.29) is 0 Å². The van der Waals surface area contributed by atoms with Crippen molar-refractivity contribution in [2.45, 2.75) is 6.54 Å². The van der Waals surface area contributed by atoms with Gasteiger partial charge in [0.1, 0.15) is 11.5 Å². The molecule has 3 N–H and O–H groups in total. The largest absolute Gasteiger partial charge is 0.497 e. The van der Waals surface area contributed by atoms with Gasteiger partial charge in [-0.15, -0.1) is 0 Å². The summed E-state index contributed by atoms with van der Waals surface area (Å²) in [6.07, 6.45) is 0. The second-order valence-corrected chi connectivity index (χ2v) is 4.16. The first-order valence-corrected chi connectivity index (χ1v) is 6.03. The molecule has 0 aromatic heterocycles. The molecule has 0 aliphatic rings. The highest BCUT2D eigenvalue weighted by atomic mass is 16.5. The van der Waals surface area contributed by atoms with Crippen molar-refractivity contribution in [1.82, 2.24) is 0 Å². The Morgan fingerprint density at radius 1 is 1.00 bits per heavy atom. The Kier molecular flexibility index (Phi) is 4.13. The first kappa shape index (κ1) is 13.1. The average molecular weight is 258 g/mol. The topological polar surface area (TPSA) is 56.5 Å². The number of nitrogens with one attached hydrogen (secondary N) is 1. The molecule has 0 spiro atoms. The molecule has 0 atom stereocenters. The number of ether oxygens (including phenoxy) is 2. The molecule has 0 unspecified atom stereocenters. The maximum absolute atomic E-state index is 5.72. The zero-order chi connectivity index (χ0) is 13.7. The molecule has 0 saturated carbocycles. The Balaban J connectivity index is 2.05. The molecule has 2 aromatic rings. The standard InChI is InChI=1S/C15H18N2O2/c1-18-13-6-3-11(4-7-13)10-17-14-8-5-12(16)9-15(14)19-2/h3-9,17H,10,16H2,1-2H3. The fourth-order valence-electron chi connectivity index (χ4n) is 1.79. The van der Waals surface area contributed by atoms with Gasteiger partial charge in [0.15, 0.2) is 0 Å². The zero-order valence-electron chi connectivity index (χ0n) is 11.1. The Labute approximate surface area is 113 Å². The van der Waals surface area contributed by atoms with Gasteiger partial charge in [-0.2, -0.15) is 0 Å². The molecule has 0 amide bonds. The second kappa shape index (κ2) is 6.00. The third kappa shape index (κ3) is 3.31. The van der Waals surface area contributed by atoms with Crippen LogP contribution in [0.4, 0.5) is 11.4 Å². The van der Waals surface area contributed by atoms with Crippen molar-refractivity contribution in [2.75, 3.05) is 25.3 Å². The maximum atomic E-state index is 5.72. The van der Waals surface area contributed by atoms with Crippen molar-refractivity contribution in [3.63, 3.8) is 0 Å². The zero-order valence-corrected chi connectivity index (χ0v) is 11.1. The molecule has 4 heteroatoms. The Bertz CT molecular complexity index is 538. The third-order valence-corrected chi connectivity index (χ3v) is 2.87. The van der Waals surface area contributed by atoms with Gasteiger partial charge in [-0.25, -0.2) is 0 Å². The molecule has 0 aliphatic heterocycles. The Hall–Kier alpha value is -2.36. The van der Waals surface area contributed by atoms with Gasteiger partial charge in [0.05, 0.1) is 19.9 Å². The lowest BCUT2D eigenvalue weighted by molar-refractivity contribution is 0.414. The highest BCUT2D eigenvalue weighted by molar-refractivity contribution is 5.62. The van der Waals surface area contributed by atoms with Crippen molar-refractivity contribution < 1.29 is 9.47 Å². The van der Waals surface area contributed by atoms with Crippen LogP contribution in [-0.2, 0) is 6.54 Å². The molecule has 2 aromatic carbocycles. The van der Waals surface area contributed by atoms with Crippen molar-refractivity contribution in [1.29, 1.82) is 0 Å². The van der Waals surface area contributed by atoms with Crippen LogP contribution in [0, 0.1) is 0 Å². The lowest BCUT2D eigenvalue weighted by Gasteiger charge is -2.12. The average Bonchev–Trinajstić information content (AvgIpc) is 2.46. The van der Waals surface area contributed by atoms with Crippen LogP contribution < -0.4 is 20.5 Å². The second-order valence-electron chi connectivity index (χ2n) is 4.16. The molecule has 0 fully saturated rings. The predicted molar refractivity (Wildman–Crippen MR) is 77.7 cm³/mol. The van der Waals surface area contributed by atoms with Gasteiger partial charge in [-0.05, 0) is 29.8 Å². The van der Waals surface area contributed by atoms with Crippen molar-refractivity contribution >= 4 is 11.4 Å². The van der Waals surface area contributed by atoms with E-state index >= 15 is 0 Å². The normalized spacial score (nSPS) is 10.0. The lowest BCUT2D eigenvalue weighted by Crippen LogP contribution is -2.02. The van der Waals surface area contributed by atoms with Gasteiger partial charge in [0.25, 0.3) is 0 Å². The minimum Gasteiger partial charge on any atom is -0.497 e. The Morgan fingerprint density at radius 2 is 1.74 bits per heavy atom. The van der Waals surface area contributed by atoms with E-state index in [0.717, 1.165) is 17.2 Å². The minimum absolute atomic E-state index is 0.687.